The maximum Gasteiger partial charge on any atom is 0.277 e. The van der Waals surface area contributed by atoms with Crippen LogP contribution in [0.2, 0.25) is 0 Å². The van der Waals surface area contributed by atoms with Gasteiger partial charge < -0.3 is 9.40 Å². The van der Waals surface area contributed by atoms with Crippen molar-refractivity contribution in [1.29, 1.82) is 0 Å². The Labute approximate surface area is 187 Å². The molecule has 0 spiro atoms. The van der Waals surface area contributed by atoms with Crippen molar-refractivity contribution in [3.8, 4) is 21.2 Å². The van der Waals surface area contributed by atoms with Crippen LogP contribution in [0.4, 0.5) is 0 Å². The zero-order chi connectivity index (χ0) is 20.8. The van der Waals surface area contributed by atoms with Crippen molar-refractivity contribution in [2.24, 2.45) is 0 Å². The van der Waals surface area contributed by atoms with Crippen molar-refractivity contribution in [3.05, 3.63) is 49.8 Å². The van der Waals surface area contributed by atoms with Crippen molar-refractivity contribution >= 4 is 56.0 Å². The van der Waals surface area contributed by atoms with Gasteiger partial charge in [0, 0.05) is 15.8 Å². The molecule has 1 atom stereocenters. The minimum Gasteiger partial charge on any atom is -0.410 e. The first-order valence-corrected chi connectivity index (χ1v) is 12.4. The van der Waals surface area contributed by atoms with E-state index in [2.05, 4.69) is 20.2 Å². The summed E-state index contributed by atoms with van der Waals surface area (Å²) in [5.41, 5.74) is 1.68. The third-order valence-corrected chi connectivity index (χ3v) is 8.20. The van der Waals surface area contributed by atoms with Gasteiger partial charge in [0.2, 0.25) is 0 Å². The topological polar surface area (TPSA) is 97.6 Å². The fourth-order valence-electron chi connectivity index (χ4n) is 3.06. The Morgan fingerprint density at radius 1 is 1.20 bits per heavy atom. The lowest BCUT2D eigenvalue weighted by Crippen LogP contribution is -2.12. The standard InChI is InChI=1S/C19H15N5O2S4/c1-8-14(30-10(3)20-8)17-23-24-19(26-17)29-9(2)15-21-16(25)13-11(7-28-18(13)22-15)12-5-4-6-27-12/h4-7,9H,1-3H3,(H,21,22,25). The number of hydrogen-bond acceptors (Lipinski definition) is 10. The Hall–Kier alpha value is -2.34. The second kappa shape index (κ2) is 7.73. The molecular formula is C19H15N5O2S4. The number of fused-ring (bicyclic) bond motifs is 1. The van der Waals surface area contributed by atoms with Gasteiger partial charge in [-0.1, -0.05) is 17.8 Å². The predicted octanol–water partition coefficient (Wildman–Crippen LogP) is 5.69. The third-order valence-electron chi connectivity index (χ3n) is 4.42. The number of thioether (sulfide) groups is 1. The summed E-state index contributed by atoms with van der Waals surface area (Å²) < 4.78 is 5.82. The summed E-state index contributed by atoms with van der Waals surface area (Å²) in [7, 11) is 0. The van der Waals surface area contributed by atoms with E-state index in [1.807, 2.05) is 43.7 Å². The van der Waals surface area contributed by atoms with Gasteiger partial charge in [0.05, 0.1) is 21.3 Å². The van der Waals surface area contributed by atoms with E-state index in [1.54, 1.807) is 11.3 Å². The number of aromatic amines is 1. The van der Waals surface area contributed by atoms with E-state index in [1.165, 1.54) is 34.4 Å². The lowest BCUT2D eigenvalue weighted by atomic mass is 10.2. The number of thiazole rings is 1. The second-order valence-electron chi connectivity index (χ2n) is 6.54. The molecule has 11 heteroatoms. The maximum absolute atomic E-state index is 12.8. The second-order valence-corrected chi connectivity index (χ2v) is 10.8. The van der Waals surface area contributed by atoms with Gasteiger partial charge >= 0.3 is 0 Å². The summed E-state index contributed by atoms with van der Waals surface area (Å²) in [6.07, 6.45) is 0. The molecule has 0 bridgehead atoms. The Morgan fingerprint density at radius 2 is 2.07 bits per heavy atom. The summed E-state index contributed by atoms with van der Waals surface area (Å²) in [5.74, 6) is 1.05. The summed E-state index contributed by atoms with van der Waals surface area (Å²) in [6, 6.07) is 3.99. The predicted molar refractivity (Wildman–Crippen MR) is 123 cm³/mol. The molecule has 5 aromatic heterocycles. The number of aryl methyl sites for hydroxylation is 2. The first-order valence-electron chi connectivity index (χ1n) is 8.99. The van der Waals surface area contributed by atoms with Crippen LogP contribution in [0, 0.1) is 13.8 Å². The number of rotatable bonds is 5. The van der Waals surface area contributed by atoms with Gasteiger partial charge in [0.15, 0.2) is 0 Å². The molecule has 5 aromatic rings. The number of hydrogen-bond donors (Lipinski definition) is 1. The van der Waals surface area contributed by atoms with Gasteiger partial charge in [-0.15, -0.1) is 44.2 Å². The van der Waals surface area contributed by atoms with Crippen LogP contribution in [0.1, 0.15) is 28.7 Å². The molecule has 1 N–H and O–H groups in total. The fourth-order valence-corrected chi connectivity index (χ4v) is 6.41. The Bertz CT molecular complexity index is 1400. The highest BCUT2D eigenvalue weighted by Crippen LogP contribution is 2.37. The smallest absolute Gasteiger partial charge is 0.277 e. The molecule has 0 aliphatic heterocycles. The highest BCUT2D eigenvalue weighted by atomic mass is 32.2. The van der Waals surface area contributed by atoms with Crippen LogP contribution < -0.4 is 5.56 Å². The molecule has 0 saturated carbocycles. The first kappa shape index (κ1) is 19.6. The number of thiophene rings is 2. The van der Waals surface area contributed by atoms with Gasteiger partial charge in [-0.05, 0) is 32.2 Å². The van der Waals surface area contributed by atoms with Crippen molar-refractivity contribution in [1.82, 2.24) is 25.1 Å². The Morgan fingerprint density at radius 3 is 2.80 bits per heavy atom. The van der Waals surface area contributed by atoms with Crippen molar-refractivity contribution < 1.29 is 4.42 Å². The highest BCUT2D eigenvalue weighted by Gasteiger charge is 2.20. The molecule has 0 saturated heterocycles. The third kappa shape index (κ3) is 3.51. The minimum atomic E-state index is -0.160. The molecule has 5 heterocycles. The molecule has 0 aliphatic rings. The molecule has 0 fully saturated rings. The summed E-state index contributed by atoms with van der Waals surface area (Å²) >= 11 is 5.98. The largest absolute Gasteiger partial charge is 0.410 e. The van der Waals surface area contributed by atoms with Crippen molar-refractivity contribution in [2.45, 2.75) is 31.2 Å². The van der Waals surface area contributed by atoms with Gasteiger partial charge in [0.25, 0.3) is 16.7 Å². The molecular weight excluding hydrogens is 459 g/mol. The Kier molecular flexibility index (Phi) is 5.05. The van der Waals surface area contributed by atoms with Crippen LogP contribution in [-0.2, 0) is 0 Å². The molecule has 152 valence electrons. The molecule has 0 aliphatic carbocycles. The quantitative estimate of drug-likeness (QED) is 0.327. The maximum atomic E-state index is 12.8. The molecule has 1 unspecified atom stereocenters. The van der Waals surface area contributed by atoms with Gasteiger partial charge in [-0.2, -0.15) is 0 Å². The van der Waals surface area contributed by atoms with Crippen LogP contribution in [0.25, 0.3) is 31.4 Å². The lowest BCUT2D eigenvalue weighted by Gasteiger charge is -2.07. The highest BCUT2D eigenvalue weighted by molar-refractivity contribution is 7.99. The van der Waals surface area contributed by atoms with E-state index in [9.17, 15) is 4.79 Å². The van der Waals surface area contributed by atoms with Crippen LogP contribution in [-0.4, -0.2) is 25.1 Å². The van der Waals surface area contributed by atoms with E-state index in [0.717, 1.165) is 30.8 Å². The Balaban J connectivity index is 1.42. The van der Waals surface area contributed by atoms with E-state index < -0.39 is 0 Å². The van der Waals surface area contributed by atoms with Crippen molar-refractivity contribution in [2.75, 3.05) is 0 Å². The summed E-state index contributed by atoms with van der Waals surface area (Å²) in [5, 5.41) is 14.1. The first-order chi connectivity index (χ1) is 14.5. The monoisotopic (exact) mass is 473 g/mol. The zero-order valence-electron chi connectivity index (χ0n) is 16.1. The number of aromatic nitrogens is 5. The van der Waals surface area contributed by atoms with Gasteiger partial charge in [-0.3, -0.25) is 4.79 Å². The van der Waals surface area contributed by atoms with E-state index in [-0.39, 0.29) is 10.8 Å². The number of H-pyrrole nitrogens is 1. The normalized spacial score (nSPS) is 12.6. The van der Waals surface area contributed by atoms with Crippen LogP contribution in [0.3, 0.4) is 0 Å². The van der Waals surface area contributed by atoms with Gasteiger partial charge in [0.1, 0.15) is 15.5 Å². The molecule has 0 aromatic carbocycles. The molecule has 5 rings (SSSR count). The van der Waals surface area contributed by atoms with E-state index >= 15 is 0 Å². The minimum absolute atomic E-state index is 0.130. The van der Waals surface area contributed by atoms with Crippen molar-refractivity contribution in [3.63, 3.8) is 0 Å². The van der Waals surface area contributed by atoms with E-state index in [0.29, 0.717) is 22.3 Å². The average Bonchev–Trinajstić information content (AvgIpc) is 3.47. The average molecular weight is 474 g/mol. The molecule has 0 amide bonds. The lowest BCUT2D eigenvalue weighted by molar-refractivity contribution is 0.465. The summed E-state index contributed by atoms with van der Waals surface area (Å²) in [6.45, 7) is 5.82. The van der Waals surface area contributed by atoms with Crippen LogP contribution >= 0.6 is 45.8 Å². The number of nitrogens with one attached hydrogen (secondary N) is 1. The molecule has 30 heavy (non-hydrogen) atoms. The van der Waals surface area contributed by atoms with E-state index in [4.69, 9.17) is 9.40 Å². The van der Waals surface area contributed by atoms with Crippen LogP contribution in [0.15, 0.2) is 37.3 Å². The zero-order valence-corrected chi connectivity index (χ0v) is 19.4. The number of nitrogens with zero attached hydrogens (tertiary/aromatic N) is 4. The van der Waals surface area contributed by atoms with Gasteiger partial charge in [-0.25, -0.2) is 9.97 Å². The fraction of sp³-hybridized carbons (Fsp3) is 0.211. The molecule has 7 nitrogen and oxygen atoms in total. The SMILES string of the molecule is Cc1nc(C)c(-c2nnc(SC(C)c3nc4scc(-c5cccs5)c4c(=O)[nH]3)o2)s1. The van der Waals surface area contributed by atoms with Crippen LogP contribution in [0.5, 0.6) is 0 Å². The summed E-state index contributed by atoms with van der Waals surface area (Å²) in [4.78, 5) is 27.5. The molecule has 0 radical (unpaired) electrons.